The summed E-state index contributed by atoms with van der Waals surface area (Å²) in [6, 6.07) is 3.21. The Labute approximate surface area is 114 Å². The summed E-state index contributed by atoms with van der Waals surface area (Å²) in [5, 5.41) is 29.2. The minimum atomic E-state index is -1.22. The fourth-order valence-corrected chi connectivity index (χ4v) is 1.40. The summed E-state index contributed by atoms with van der Waals surface area (Å²) in [7, 11) is 0. The Bertz CT molecular complexity index is 489. The van der Waals surface area contributed by atoms with E-state index in [2.05, 4.69) is 0 Å². The normalized spacial score (nSPS) is 11.9. The topological polar surface area (TPSA) is 119 Å². The van der Waals surface area contributed by atoms with Gasteiger partial charge in [0, 0.05) is 18.7 Å². The number of ether oxygens (including phenoxy) is 2. The van der Waals surface area contributed by atoms with Gasteiger partial charge in [-0.15, -0.1) is 0 Å². The van der Waals surface area contributed by atoms with E-state index < -0.39 is 17.0 Å². The summed E-state index contributed by atoms with van der Waals surface area (Å²) in [4.78, 5) is 20.9. The van der Waals surface area contributed by atoms with Crippen molar-refractivity contribution in [1.82, 2.24) is 0 Å². The lowest BCUT2D eigenvalue weighted by molar-refractivity contribution is -0.385. The van der Waals surface area contributed by atoms with E-state index in [1.807, 2.05) is 0 Å². The molecule has 1 unspecified atom stereocenters. The van der Waals surface area contributed by atoms with Crippen LogP contribution in [0, 0.1) is 10.1 Å². The number of hydrogen-bond donors (Lipinski definition) is 2. The number of nitrogens with zero attached hydrogens (tertiary/aromatic N) is 1. The fourth-order valence-electron chi connectivity index (χ4n) is 1.40. The van der Waals surface area contributed by atoms with Crippen LogP contribution in [0.4, 0.5) is 5.69 Å². The van der Waals surface area contributed by atoms with E-state index in [9.17, 15) is 20.0 Å². The average molecular weight is 285 g/mol. The van der Waals surface area contributed by atoms with Crippen molar-refractivity contribution in [3.63, 3.8) is 0 Å². The summed E-state index contributed by atoms with van der Waals surface area (Å²) in [6.07, 6.45) is -0.956. The number of rotatable bonds is 8. The molecule has 0 amide bonds. The van der Waals surface area contributed by atoms with Crippen molar-refractivity contribution in [2.24, 2.45) is 0 Å². The van der Waals surface area contributed by atoms with Gasteiger partial charge in [0.15, 0.2) is 5.75 Å². The SMILES string of the molecule is CCOCC(O)COc1cc(C(=O)O)ccc1[N+](=O)[O-]. The van der Waals surface area contributed by atoms with E-state index in [0.29, 0.717) is 6.61 Å². The average Bonchev–Trinajstić information content (AvgIpc) is 2.42. The number of carboxylic acids is 1. The molecule has 2 N–H and O–H groups in total. The number of aliphatic hydroxyl groups excluding tert-OH is 1. The van der Waals surface area contributed by atoms with Gasteiger partial charge in [-0.2, -0.15) is 0 Å². The first-order valence-electron chi connectivity index (χ1n) is 5.86. The van der Waals surface area contributed by atoms with Crippen LogP contribution in [0.25, 0.3) is 0 Å². The molecule has 0 saturated heterocycles. The summed E-state index contributed by atoms with van der Waals surface area (Å²) in [5.74, 6) is -1.43. The molecule has 8 nitrogen and oxygen atoms in total. The second kappa shape index (κ2) is 7.41. The second-order valence-corrected chi connectivity index (χ2v) is 3.87. The van der Waals surface area contributed by atoms with Crippen LogP contribution < -0.4 is 4.74 Å². The van der Waals surface area contributed by atoms with Gasteiger partial charge in [-0.05, 0) is 13.0 Å². The van der Waals surface area contributed by atoms with Crippen LogP contribution in [0.3, 0.4) is 0 Å². The van der Waals surface area contributed by atoms with Crippen molar-refractivity contribution in [2.45, 2.75) is 13.0 Å². The van der Waals surface area contributed by atoms with E-state index >= 15 is 0 Å². The van der Waals surface area contributed by atoms with Crippen LogP contribution in [-0.4, -0.2) is 47.0 Å². The third-order valence-electron chi connectivity index (χ3n) is 2.35. The molecule has 1 aromatic rings. The predicted octanol–water partition coefficient (Wildman–Crippen LogP) is 1.07. The molecule has 1 rings (SSSR count). The lowest BCUT2D eigenvalue weighted by Crippen LogP contribution is -2.23. The number of carboxylic acid groups (broad SMARTS) is 1. The van der Waals surface area contributed by atoms with Crippen LogP contribution in [-0.2, 0) is 4.74 Å². The van der Waals surface area contributed by atoms with Gasteiger partial charge in [0.25, 0.3) is 0 Å². The fraction of sp³-hybridized carbons (Fsp3) is 0.417. The van der Waals surface area contributed by atoms with Crippen LogP contribution >= 0.6 is 0 Å². The molecular formula is C12H15NO7. The molecule has 1 aromatic carbocycles. The second-order valence-electron chi connectivity index (χ2n) is 3.87. The molecule has 0 aliphatic rings. The number of aromatic carboxylic acids is 1. The Morgan fingerprint density at radius 1 is 1.45 bits per heavy atom. The number of benzene rings is 1. The number of carbonyl (C=O) groups is 1. The number of hydrogen-bond acceptors (Lipinski definition) is 6. The largest absolute Gasteiger partial charge is 0.484 e. The molecule has 0 saturated carbocycles. The van der Waals surface area contributed by atoms with E-state index in [1.54, 1.807) is 6.92 Å². The molecule has 8 heteroatoms. The highest BCUT2D eigenvalue weighted by molar-refractivity contribution is 5.88. The third-order valence-corrected chi connectivity index (χ3v) is 2.35. The maximum atomic E-state index is 10.8. The van der Waals surface area contributed by atoms with Gasteiger partial charge in [0.2, 0.25) is 0 Å². The Balaban J connectivity index is 2.82. The van der Waals surface area contributed by atoms with Gasteiger partial charge >= 0.3 is 11.7 Å². The van der Waals surface area contributed by atoms with Gasteiger partial charge in [0.05, 0.1) is 17.1 Å². The Morgan fingerprint density at radius 2 is 2.15 bits per heavy atom. The van der Waals surface area contributed by atoms with Crippen molar-refractivity contribution >= 4 is 11.7 Å². The van der Waals surface area contributed by atoms with Crippen molar-refractivity contribution in [3.8, 4) is 5.75 Å². The molecule has 0 aliphatic heterocycles. The number of nitro groups is 1. The third kappa shape index (κ3) is 4.48. The van der Waals surface area contributed by atoms with E-state index in [1.165, 1.54) is 0 Å². The molecular weight excluding hydrogens is 270 g/mol. The maximum Gasteiger partial charge on any atom is 0.335 e. The zero-order chi connectivity index (χ0) is 15.1. The first kappa shape index (κ1) is 15.9. The smallest absolute Gasteiger partial charge is 0.335 e. The van der Waals surface area contributed by atoms with Gasteiger partial charge in [-0.1, -0.05) is 0 Å². The summed E-state index contributed by atoms with van der Waals surface area (Å²) < 4.78 is 10.1. The highest BCUT2D eigenvalue weighted by Crippen LogP contribution is 2.28. The Morgan fingerprint density at radius 3 is 2.70 bits per heavy atom. The maximum absolute atomic E-state index is 10.8. The van der Waals surface area contributed by atoms with E-state index in [0.717, 1.165) is 18.2 Å². The lowest BCUT2D eigenvalue weighted by atomic mass is 10.2. The molecule has 20 heavy (non-hydrogen) atoms. The highest BCUT2D eigenvalue weighted by Gasteiger charge is 2.19. The molecule has 110 valence electrons. The van der Waals surface area contributed by atoms with E-state index in [4.69, 9.17) is 14.6 Å². The number of aliphatic hydroxyl groups is 1. The zero-order valence-electron chi connectivity index (χ0n) is 10.8. The molecule has 0 spiro atoms. The summed E-state index contributed by atoms with van der Waals surface area (Å²) in [6.45, 7) is 1.98. The molecule has 0 bridgehead atoms. The number of nitro benzene ring substituents is 1. The van der Waals surface area contributed by atoms with Crippen LogP contribution in [0.15, 0.2) is 18.2 Å². The minimum absolute atomic E-state index is 0.0307. The van der Waals surface area contributed by atoms with E-state index in [-0.39, 0.29) is 30.2 Å². The molecule has 0 fully saturated rings. The van der Waals surface area contributed by atoms with Gasteiger partial charge in [-0.3, -0.25) is 10.1 Å². The molecule has 1 atom stereocenters. The lowest BCUT2D eigenvalue weighted by Gasteiger charge is -2.12. The quantitative estimate of drug-likeness (QED) is 0.541. The van der Waals surface area contributed by atoms with Gasteiger partial charge < -0.3 is 19.7 Å². The van der Waals surface area contributed by atoms with Crippen LogP contribution in [0.2, 0.25) is 0 Å². The Hall–Kier alpha value is -2.19. The Kier molecular flexibility index (Phi) is 5.88. The molecule has 0 aromatic heterocycles. The first-order chi connectivity index (χ1) is 9.45. The summed E-state index contributed by atoms with van der Waals surface area (Å²) >= 11 is 0. The van der Waals surface area contributed by atoms with Crippen LogP contribution in [0.1, 0.15) is 17.3 Å². The predicted molar refractivity (Wildman–Crippen MR) is 68.1 cm³/mol. The zero-order valence-corrected chi connectivity index (χ0v) is 10.8. The molecule has 0 aliphatic carbocycles. The van der Waals surface area contributed by atoms with Gasteiger partial charge in [-0.25, -0.2) is 4.79 Å². The van der Waals surface area contributed by atoms with Crippen molar-refractivity contribution in [2.75, 3.05) is 19.8 Å². The highest BCUT2D eigenvalue weighted by atomic mass is 16.6. The van der Waals surface area contributed by atoms with Crippen molar-refractivity contribution < 1.29 is 29.4 Å². The van der Waals surface area contributed by atoms with Gasteiger partial charge in [0.1, 0.15) is 12.7 Å². The molecule has 0 radical (unpaired) electrons. The summed E-state index contributed by atoms with van der Waals surface area (Å²) in [5.41, 5.74) is -0.497. The van der Waals surface area contributed by atoms with Crippen LogP contribution in [0.5, 0.6) is 5.75 Å². The van der Waals surface area contributed by atoms with Crippen molar-refractivity contribution in [1.29, 1.82) is 0 Å². The molecule has 0 heterocycles. The monoisotopic (exact) mass is 285 g/mol. The first-order valence-corrected chi connectivity index (χ1v) is 5.86. The standard InChI is InChI=1S/C12H15NO7/c1-2-19-6-9(14)7-20-11-5-8(12(15)16)3-4-10(11)13(17)18/h3-5,9,14H,2,6-7H2,1H3,(H,15,16). The van der Waals surface area contributed by atoms with Crippen molar-refractivity contribution in [3.05, 3.63) is 33.9 Å². The minimum Gasteiger partial charge on any atom is -0.484 e.